The van der Waals surface area contributed by atoms with Crippen LogP contribution in [0.1, 0.15) is 17.0 Å². The van der Waals surface area contributed by atoms with Gasteiger partial charge in [0.15, 0.2) is 0 Å². The predicted molar refractivity (Wildman–Crippen MR) is 73.0 cm³/mol. The third-order valence-corrected chi connectivity index (χ3v) is 2.67. The maximum Gasteiger partial charge on any atom is 0.120 e. The average molecular weight is 244 g/mol. The van der Waals surface area contributed by atoms with Gasteiger partial charge in [0.1, 0.15) is 5.82 Å². The fraction of sp³-hybridized carbons (Fsp3) is 0.357. The Labute approximate surface area is 108 Å². The molecule has 0 aliphatic heterocycles. The second-order valence-electron chi connectivity index (χ2n) is 4.70. The van der Waals surface area contributed by atoms with E-state index in [-0.39, 0.29) is 0 Å². The maximum absolute atomic E-state index is 4.18. The summed E-state index contributed by atoms with van der Waals surface area (Å²) in [6, 6.07) is 8.67. The summed E-state index contributed by atoms with van der Waals surface area (Å²) in [7, 11) is 4.17. The van der Waals surface area contributed by atoms with Gasteiger partial charge in [-0.05, 0) is 25.2 Å². The van der Waals surface area contributed by atoms with Gasteiger partial charge in [-0.25, -0.2) is 4.98 Å². The number of nitrogens with zero attached hydrogens (tertiary/aromatic N) is 2. The Hall–Kier alpha value is -1.65. The van der Waals surface area contributed by atoms with Crippen LogP contribution in [0.4, 0.5) is 0 Å². The lowest BCUT2D eigenvalue weighted by Gasteiger charge is -2.11. The molecule has 0 aliphatic carbocycles. The van der Waals surface area contributed by atoms with Crippen molar-refractivity contribution in [3.63, 3.8) is 0 Å². The number of hydrogen-bond donors (Lipinski definition) is 2. The average Bonchev–Trinajstić information content (AvgIpc) is 2.82. The number of aromatic nitrogens is 2. The second kappa shape index (κ2) is 6.33. The van der Waals surface area contributed by atoms with Gasteiger partial charge in [-0.3, -0.25) is 0 Å². The van der Waals surface area contributed by atoms with E-state index in [0.717, 1.165) is 25.5 Å². The van der Waals surface area contributed by atoms with Crippen LogP contribution in [0, 0.1) is 0 Å². The van der Waals surface area contributed by atoms with Crippen molar-refractivity contribution in [1.82, 2.24) is 20.2 Å². The molecule has 2 rings (SSSR count). The fourth-order valence-corrected chi connectivity index (χ4v) is 1.92. The number of imidazole rings is 1. The van der Waals surface area contributed by atoms with E-state index in [2.05, 4.69) is 58.5 Å². The van der Waals surface area contributed by atoms with Gasteiger partial charge in [-0.2, -0.15) is 0 Å². The highest BCUT2D eigenvalue weighted by Crippen LogP contribution is 2.07. The molecule has 0 spiro atoms. The molecule has 96 valence electrons. The number of hydrogen-bond acceptors (Lipinski definition) is 3. The van der Waals surface area contributed by atoms with E-state index in [1.807, 2.05) is 6.20 Å². The number of nitrogens with one attached hydrogen (secondary N) is 2. The van der Waals surface area contributed by atoms with Gasteiger partial charge in [-0.15, -0.1) is 0 Å². The molecule has 2 aromatic rings. The van der Waals surface area contributed by atoms with E-state index < -0.39 is 0 Å². The molecule has 0 atom stereocenters. The first kappa shape index (κ1) is 12.8. The molecule has 0 radical (unpaired) electrons. The van der Waals surface area contributed by atoms with Gasteiger partial charge in [0, 0.05) is 25.5 Å². The summed E-state index contributed by atoms with van der Waals surface area (Å²) >= 11 is 0. The van der Waals surface area contributed by atoms with Gasteiger partial charge in [0.25, 0.3) is 0 Å². The summed E-state index contributed by atoms with van der Waals surface area (Å²) in [6.45, 7) is 2.61. The highest BCUT2D eigenvalue weighted by atomic mass is 15.0. The van der Waals surface area contributed by atoms with E-state index in [9.17, 15) is 0 Å². The van der Waals surface area contributed by atoms with Crippen molar-refractivity contribution in [2.24, 2.45) is 0 Å². The molecule has 0 amide bonds. The zero-order valence-corrected chi connectivity index (χ0v) is 11.0. The minimum atomic E-state index is 0.769. The summed E-state index contributed by atoms with van der Waals surface area (Å²) in [5.41, 5.74) is 2.65. The summed E-state index contributed by atoms with van der Waals surface area (Å²) in [5, 5.41) is 3.38. The Morgan fingerprint density at radius 1 is 1.22 bits per heavy atom. The van der Waals surface area contributed by atoms with Crippen molar-refractivity contribution >= 4 is 0 Å². The topological polar surface area (TPSA) is 44.0 Å². The lowest BCUT2D eigenvalue weighted by Crippen LogP contribution is -2.14. The molecule has 4 heteroatoms. The van der Waals surface area contributed by atoms with Gasteiger partial charge < -0.3 is 15.2 Å². The van der Waals surface area contributed by atoms with Crippen LogP contribution in [-0.4, -0.2) is 29.0 Å². The smallest absolute Gasteiger partial charge is 0.120 e. The van der Waals surface area contributed by atoms with Gasteiger partial charge in [0.05, 0.1) is 6.54 Å². The molecule has 0 saturated carbocycles. The fourth-order valence-electron chi connectivity index (χ4n) is 1.92. The monoisotopic (exact) mass is 244 g/mol. The first-order valence-electron chi connectivity index (χ1n) is 6.15. The normalized spacial score (nSPS) is 11.1. The van der Waals surface area contributed by atoms with E-state index in [4.69, 9.17) is 0 Å². The highest BCUT2D eigenvalue weighted by molar-refractivity contribution is 5.23. The summed E-state index contributed by atoms with van der Waals surface area (Å²) in [5.74, 6) is 0.972. The van der Waals surface area contributed by atoms with Gasteiger partial charge in [-0.1, -0.05) is 24.3 Å². The number of rotatable bonds is 6. The Morgan fingerprint density at radius 3 is 2.78 bits per heavy atom. The van der Waals surface area contributed by atoms with Crippen LogP contribution in [0.3, 0.4) is 0 Å². The standard InChI is InChI=1S/C14H20N4/c1-18(2)11-13-5-3-4-12(8-13)9-15-10-14-16-6-7-17-14/h3-8,15H,9-11H2,1-2H3,(H,16,17). The molecular weight excluding hydrogens is 224 g/mol. The third-order valence-electron chi connectivity index (χ3n) is 2.67. The van der Waals surface area contributed by atoms with Crippen LogP contribution in [0.5, 0.6) is 0 Å². The van der Waals surface area contributed by atoms with Crippen LogP contribution in [0.15, 0.2) is 36.7 Å². The Morgan fingerprint density at radius 2 is 2.06 bits per heavy atom. The molecule has 0 unspecified atom stereocenters. The molecule has 1 heterocycles. The minimum absolute atomic E-state index is 0.769. The van der Waals surface area contributed by atoms with Crippen molar-refractivity contribution < 1.29 is 0 Å². The van der Waals surface area contributed by atoms with Crippen molar-refractivity contribution in [2.75, 3.05) is 14.1 Å². The summed E-state index contributed by atoms with van der Waals surface area (Å²) in [6.07, 6.45) is 3.61. The molecule has 4 nitrogen and oxygen atoms in total. The van der Waals surface area contributed by atoms with Crippen LogP contribution >= 0.6 is 0 Å². The number of aromatic amines is 1. The second-order valence-corrected chi connectivity index (χ2v) is 4.70. The van der Waals surface area contributed by atoms with Crippen molar-refractivity contribution in [2.45, 2.75) is 19.6 Å². The summed E-state index contributed by atoms with van der Waals surface area (Å²) in [4.78, 5) is 9.44. The molecule has 0 bridgehead atoms. The quantitative estimate of drug-likeness (QED) is 0.814. The van der Waals surface area contributed by atoms with Crippen molar-refractivity contribution in [1.29, 1.82) is 0 Å². The lowest BCUT2D eigenvalue weighted by molar-refractivity contribution is 0.402. The number of benzene rings is 1. The van der Waals surface area contributed by atoms with Crippen LogP contribution in [0.2, 0.25) is 0 Å². The van der Waals surface area contributed by atoms with Crippen molar-refractivity contribution in [3.05, 3.63) is 53.6 Å². The maximum atomic E-state index is 4.18. The first-order chi connectivity index (χ1) is 8.74. The van der Waals surface area contributed by atoms with Crippen LogP contribution < -0.4 is 5.32 Å². The van der Waals surface area contributed by atoms with E-state index in [0.29, 0.717) is 0 Å². The van der Waals surface area contributed by atoms with Crippen molar-refractivity contribution in [3.8, 4) is 0 Å². The zero-order chi connectivity index (χ0) is 12.8. The molecule has 1 aromatic carbocycles. The minimum Gasteiger partial charge on any atom is -0.348 e. The molecule has 0 fully saturated rings. The largest absolute Gasteiger partial charge is 0.348 e. The summed E-state index contributed by atoms with van der Waals surface area (Å²) < 4.78 is 0. The molecule has 0 aliphatic rings. The molecule has 18 heavy (non-hydrogen) atoms. The molecule has 2 N–H and O–H groups in total. The lowest BCUT2D eigenvalue weighted by atomic mass is 10.1. The molecule has 1 aromatic heterocycles. The SMILES string of the molecule is CN(C)Cc1cccc(CNCc2ncc[nH]2)c1. The van der Waals surface area contributed by atoms with E-state index >= 15 is 0 Å². The zero-order valence-electron chi connectivity index (χ0n) is 11.0. The Bertz CT molecular complexity index is 462. The Balaban J connectivity index is 1.85. The third kappa shape index (κ3) is 3.98. The van der Waals surface area contributed by atoms with Gasteiger partial charge in [0.2, 0.25) is 0 Å². The Kier molecular flexibility index (Phi) is 4.50. The van der Waals surface area contributed by atoms with E-state index in [1.54, 1.807) is 6.20 Å². The van der Waals surface area contributed by atoms with Crippen LogP contribution in [-0.2, 0) is 19.6 Å². The highest BCUT2D eigenvalue weighted by Gasteiger charge is 1.99. The first-order valence-corrected chi connectivity index (χ1v) is 6.15. The van der Waals surface area contributed by atoms with Gasteiger partial charge >= 0.3 is 0 Å². The molecular formula is C14H20N4. The molecule has 0 saturated heterocycles. The van der Waals surface area contributed by atoms with E-state index in [1.165, 1.54) is 11.1 Å². The predicted octanol–water partition coefficient (Wildman–Crippen LogP) is 1.76. The number of H-pyrrole nitrogens is 1. The van der Waals surface area contributed by atoms with Crippen LogP contribution in [0.25, 0.3) is 0 Å².